The van der Waals surface area contributed by atoms with Gasteiger partial charge < -0.3 is 4.74 Å². The van der Waals surface area contributed by atoms with Crippen molar-refractivity contribution in [2.75, 3.05) is 0 Å². The van der Waals surface area contributed by atoms with E-state index in [4.69, 9.17) is 10.00 Å². The summed E-state index contributed by atoms with van der Waals surface area (Å²) < 4.78 is 6.77. The van der Waals surface area contributed by atoms with Crippen LogP contribution in [0.3, 0.4) is 0 Å². The molecule has 0 spiro atoms. The van der Waals surface area contributed by atoms with Gasteiger partial charge in [0.25, 0.3) is 0 Å². The lowest BCUT2D eigenvalue weighted by Crippen LogP contribution is -2.12. The molecule has 0 aliphatic carbocycles. The first-order valence-corrected chi connectivity index (χ1v) is 7.59. The molecule has 2 nitrogen and oxygen atoms in total. The van der Waals surface area contributed by atoms with E-state index in [0.717, 1.165) is 16.0 Å². The molecule has 0 atom stereocenters. The van der Waals surface area contributed by atoms with Gasteiger partial charge in [-0.3, -0.25) is 0 Å². The number of hydrogen-bond acceptors (Lipinski definition) is 2. The molecule has 108 valence electrons. The first-order valence-electron chi connectivity index (χ1n) is 6.80. The molecular weight excluding hydrogens is 326 g/mol. The van der Waals surface area contributed by atoms with E-state index in [2.05, 4.69) is 55.8 Å². The van der Waals surface area contributed by atoms with E-state index in [9.17, 15) is 0 Å². The van der Waals surface area contributed by atoms with Gasteiger partial charge in [0.15, 0.2) is 0 Å². The van der Waals surface area contributed by atoms with Gasteiger partial charge >= 0.3 is 0 Å². The van der Waals surface area contributed by atoms with E-state index in [0.29, 0.717) is 5.56 Å². The van der Waals surface area contributed by atoms with Crippen molar-refractivity contribution in [2.24, 2.45) is 0 Å². The molecule has 0 aliphatic rings. The zero-order valence-electron chi connectivity index (χ0n) is 12.7. The second kappa shape index (κ2) is 5.91. The average Bonchev–Trinajstić information content (AvgIpc) is 2.40. The van der Waals surface area contributed by atoms with Crippen LogP contribution in [-0.4, -0.2) is 0 Å². The van der Waals surface area contributed by atoms with Crippen LogP contribution in [0.15, 0.2) is 40.9 Å². The molecule has 2 aromatic carbocycles. The van der Waals surface area contributed by atoms with Crippen molar-refractivity contribution in [3.63, 3.8) is 0 Å². The number of ether oxygens (including phenoxy) is 1. The van der Waals surface area contributed by atoms with Gasteiger partial charge in [0.05, 0.1) is 5.56 Å². The van der Waals surface area contributed by atoms with E-state index in [-0.39, 0.29) is 5.41 Å². The molecule has 0 fully saturated rings. The van der Waals surface area contributed by atoms with E-state index < -0.39 is 0 Å². The molecule has 0 bridgehead atoms. The van der Waals surface area contributed by atoms with Gasteiger partial charge in [-0.2, -0.15) is 5.26 Å². The Hall–Kier alpha value is -1.79. The first-order chi connectivity index (χ1) is 9.81. The predicted molar refractivity (Wildman–Crippen MR) is 88.8 cm³/mol. The lowest BCUT2D eigenvalue weighted by molar-refractivity contribution is 0.455. The Kier molecular flexibility index (Phi) is 4.39. The number of nitrogens with zero attached hydrogens (tertiary/aromatic N) is 1. The molecule has 0 amide bonds. The SMILES string of the molecule is Cc1ccc(Oc2ccc(C#N)c(Br)c2)c(C(C)(C)C)c1. The predicted octanol–water partition coefficient (Wildman–Crippen LogP) is 5.72. The molecule has 0 aromatic heterocycles. The summed E-state index contributed by atoms with van der Waals surface area (Å²) in [5.74, 6) is 1.57. The number of nitriles is 1. The normalized spacial score (nSPS) is 11.0. The Morgan fingerprint density at radius 2 is 1.81 bits per heavy atom. The highest BCUT2D eigenvalue weighted by Gasteiger charge is 2.19. The van der Waals surface area contributed by atoms with Crippen molar-refractivity contribution in [2.45, 2.75) is 33.1 Å². The highest BCUT2D eigenvalue weighted by molar-refractivity contribution is 9.10. The van der Waals surface area contributed by atoms with Crippen molar-refractivity contribution < 1.29 is 4.74 Å². The van der Waals surface area contributed by atoms with Crippen molar-refractivity contribution in [1.29, 1.82) is 5.26 Å². The standard InChI is InChI=1S/C18H18BrNO/c1-12-5-8-17(15(9-12)18(2,3)4)21-14-7-6-13(11-20)16(19)10-14/h5-10H,1-4H3. The summed E-state index contributed by atoms with van der Waals surface area (Å²) in [7, 11) is 0. The summed E-state index contributed by atoms with van der Waals surface area (Å²) in [6.07, 6.45) is 0. The number of hydrogen-bond donors (Lipinski definition) is 0. The molecule has 0 unspecified atom stereocenters. The Labute approximate surface area is 134 Å². The third-order valence-electron chi connectivity index (χ3n) is 3.23. The summed E-state index contributed by atoms with van der Waals surface area (Å²) in [6.45, 7) is 8.59. The minimum absolute atomic E-state index is 0.00514. The summed E-state index contributed by atoms with van der Waals surface area (Å²) in [6, 6.07) is 13.7. The topological polar surface area (TPSA) is 33.0 Å². The van der Waals surface area contributed by atoms with Crippen molar-refractivity contribution in [3.05, 3.63) is 57.6 Å². The van der Waals surface area contributed by atoms with Crippen LogP contribution in [-0.2, 0) is 5.41 Å². The lowest BCUT2D eigenvalue weighted by Gasteiger charge is -2.23. The van der Waals surface area contributed by atoms with Crippen molar-refractivity contribution in [1.82, 2.24) is 0 Å². The van der Waals surface area contributed by atoms with Gasteiger partial charge in [0, 0.05) is 10.0 Å². The number of halogens is 1. The molecule has 2 aromatic rings. The Morgan fingerprint density at radius 1 is 1.10 bits per heavy atom. The number of rotatable bonds is 2. The fourth-order valence-electron chi connectivity index (χ4n) is 2.10. The van der Waals surface area contributed by atoms with E-state index in [1.165, 1.54) is 11.1 Å². The maximum absolute atomic E-state index is 8.96. The molecule has 21 heavy (non-hydrogen) atoms. The minimum Gasteiger partial charge on any atom is -0.457 e. The first kappa shape index (κ1) is 15.6. The van der Waals surface area contributed by atoms with Crippen LogP contribution in [0.2, 0.25) is 0 Å². The fraction of sp³-hybridized carbons (Fsp3) is 0.278. The van der Waals surface area contributed by atoms with Crippen LogP contribution < -0.4 is 4.74 Å². The molecule has 0 heterocycles. The van der Waals surface area contributed by atoms with Gasteiger partial charge in [0.1, 0.15) is 17.6 Å². The van der Waals surface area contributed by atoms with Gasteiger partial charge in [-0.25, -0.2) is 0 Å². The number of benzene rings is 2. The molecule has 0 saturated carbocycles. The van der Waals surface area contributed by atoms with Crippen LogP contribution in [0.5, 0.6) is 11.5 Å². The van der Waals surface area contributed by atoms with E-state index >= 15 is 0 Å². The second-order valence-electron chi connectivity index (χ2n) is 6.11. The largest absolute Gasteiger partial charge is 0.457 e. The maximum atomic E-state index is 8.96. The Morgan fingerprint density at radius 3 is 2.38 bits per heavy atom. The smallest absolute Gasteiger partial charge is 0.131 e. The van der Waals surface area contributed by atoms with Crippen LogP contribution in [0.4, 0.5) is 0 Å². The summed E-state index contributed by atoms with van der Waals surface area (Å²) >= 11 is 3.39. The third-order valence-corrected chi connectivity index (χ3v) is 3.89. The molecule has 0 aliphatic heterocycles. The zero-order chi connectivity index (χ0) is 15.6. The van der Waals surface area contributed by atoms with Gasteiger partial charge in [0.2, 0.25) is 0 Å². The zero-order valence-corrected chi connectivity index (χ0v) is 14.3. The summed E-state index contributed by atoms with van der Waals surface area (Å²) in [5.41, 5.74) is 2.99. The minimum atomic E-state index is 0.00514. The van der Waals surface area contributed by atoms with Gasteiger partial charge in [-0.15, -0.1) is 0 Å². The molecule has 0 saturated heterocycles. The van der Waals surface area contributed by atoms with Crippen LogP contribution in [0.1, 0.15) is 37.5 Å². The van der Waals surface area contributed by atoms with Crippen LogP contribution in [0, 0.1) is 18.3 Å². The van der Waals surface area contributed by atoms with E-state index in [1.54, 1.807) is 6.07 Å². The van der Waals surface area contributed by atoms with E-state index in [1.807, 2.05) is 24.3 Å². The number of aryl methyl sites for hydroxylation is 1. The molecule has 3 heteroatoms. The Bertz CT molecular complexity index is 708. The Balaban J connectivity index is 2.41. The quantitative estimate of drug-likeness (QED) is 0.698. The molecule has 0 radical (unpaired) electrons. The molecule has 2 rings (SSSR count). The van der Waals surface area contributed by atoms with Gasteiger partial charge in [-0.1, -0.05) is 38.5 Å². The van der Waals surface area contributed by atoms with Crippen LogP contribution in [0.25, 0.3) is 0 Å². The maximum Gasteiger partial charge on any atom is 0.131 e. The summed E-state index contributed by atoms with van der Waals surface area (Å²) in [5, 5.41) is 8.96. The highest BCUT2D eigenvalue weighted by Crippen LogP contribution is 2.35. The van der Waals surface area contributed by atoms with Crippen molar-refractivity contribution >= 4 is 15.9 Å². The van der Waals surface area contributed by atoms with Gasteiger partial charge in [-0.05, 0) is 52.5 Å². The highest BCUT2D eigenvalue weighted by atomic mass is 79.9. The average molecular weight is 344 g/mol. The van der Waals surface area contributed by atoms with Crippen molar-refractivity contribution in [3.8, 4) is 17.6 Å². The third kappa shape index (κ3) is 3.65. The fourth-order valence-corrected chi connectivity index (χ4v) is 2.54. The second-order valence-corrected chi connectivity index (χ2v) is 6.96. The molecule has 0 N–H and O–H groups in total. The molecular formula is C18H18BrNO. The summed E-state index contributed by atoms with van der Waals surface area (Å²) in [4.78, 5) is 0. The van der Waals surface area contributed by atoms with Crippen LogP contribution >= 0.6 is 15.9 Å². The monoisotopic (exact) mass is 343 g/mol. The lowest BCUT2D eigenvalue weighted by atomic mass is 9.85.